The largest absolute Gasteiger partial charge is 1.00 e. The molecule has 4 heteroatoms. The molecule has 0 aromatic rings. The predicted octanol–water partition coefficient (Wildman–Crippen LogP) is 2.42. The molecule has 0 rings (SSSR count). The number of halogens is 1. The molecule has 0 saturated carbocycles. The second-order valence-electron chi connectivity index (χ2n) is 6.17. The van der Waals surface area contributed by atoms with E-state index >= 15 is 0 Å². The predicted molar refractivity (Wildman–Crippen MR) is 97.7 cm³/mol. The quantitative estimate of drug-likeness (QED) is 0.158. The van der Waals surface area contributed by atoms with Crippen molar-refractivity contribution in [2.45, 2.75) is 107 Å². The number of alkyl halides is 1. The Labute approximate surface area is 194 Å². The van der Waals surface area contributed by atoms with E-state index in [1.54, 1.807) is 0 Å². The molecular formula is C18H34IKO2. The van der Waals surface area contributed by atoms with Crippen molar-refractivity contribution in [1.82, 2.24) is 0 Å². The van der Waals surface area contributed by atoms with Crippen molar-refractivity contribution in [3.8, 4) is 0 Å². The minimum atomic E-state index is -0.912. The van der Waals surface area contributed by atoms with Gasteiger partial charge in [0.15, 0.2) is 0 Å². The summed E-state index contributed by atoms with van der Waals surface area (Å²) in [6, 6.07) is 0. The van der Waals surface area contributed by atoms with Crippen molar-refractivity contribution >= 4 is 28.6 Å². The fourth-order valence-electron chi connectivity index (χ4n) is 2.64. The van der Waals surface area contributed by atoms with Crippen LogP contribution in [0, 0.1) is 0 Å². The van der Waals surface area contributed by atoms with Crippen LogP contribution >= 0.6 is 22.6 Å². The first kappa shape index (κ1) is 26.1. The van der Waals surface area contributed by atoms with E-state index < -0.39 is 5.97 Å². The van der Waals surface area contributed by atoms with E-state index in [0.29, 0.717) is 0 Å². The summed E-state index contributed by atoms with van der Waals surface area (Å²) in [5.41, 5.74) is 0. The molecule has 0 heterocycles. The summed E-state index contributed by atoms with van der Waals surface area (Å²) in [6.07, 6.45) is 19.5. The van der Waals surface area contributed by atoms with Crippen LogP contribution in [-0.4, -0.2) is 9.89 Å². The Morgan fingerprint density at radius 1 is 0.773 bits per heavy atom. The molecule has 0 spiro atoms. The van der Waals surface area contributed by atoms with Crippen LogP contribution in [-0.2, 0) is 4.79 Å². The SMILES string of the molecule is CCCCCCCCCCCCCCCCC(I)C(=O)[O-].[K+]. The van der Waals surface area contributed by atoms with Crippen LogP contribution in [0.5, 0.6) is 0 Å². The molecule has 1 unspecified atom stereocenters. The number of aliphatic carboxylic acids is 1. The Bertz CT molecular complexity index is 237. The van der Waals surface area contributed by atoms with Crippen LogP contribution < -0.4 is 56.5 Å². The minimum absolute atomic E-state index is 0. The van der Waals surface area contributed by atoms with E-state index in [-0.39, 0.29) is 55.3 Å². The molecule has 0 aromatic heterocycles. The Morgan fingerprint density at radius 2 is 1.09 bits per heavy atom. The van der Waals surface area contributed by atoms with Crippen LogP contribution in [0.15, 0.2) is 0 Å². The maximum atomic E-state index is 10.5. The van der Waals surface area contributed by atoms with Crippen LogP contribution in [0.2, 0.25) is 0 Å². The van der Waals surface area contributed by atoms with E-state index in [9.17, 15) is 9.90 Å². The third-order valence-corrected chi connectivity index (χ3v) is 5.20. The zero-order chi connectivity index (χ0) is 15.8. The van der Waals surface area contributed by atoms with Gasteiger partial charge in [-0.3, -0.25) is 0 Å². The summed E-state index contributed by atoms with van der Waals surface area (Å²) in [5, 5.41) is 10.5. The summed E-state index contributed by atoms with van der Waals surface area (Å²) in [4.78, 5) is 10.5. The van der Waals surface area contributed by atoms with Gasteiger partial charge in [-0.1, -0.05) is 119 Å². The van der Waals surface area contributed by atoms with Gasteiger partial charge < -0.3 is 9.90 Å². The Kier molecular flexibility index (Phi) is 24.7. The van der Waals surface area contributed by atoms with Gasteiger partial charge in [-0.15, -0.1) is 0 Å². The number of rotatable bonds is 16. The fourth-order valence-corrected chi connectivity index (χ4v) is 3.08. The van der Waals surface area contributed by atoms with Crippen molar-refractivity contribution in [2.75, 3.05) is 0 Å². The van der Waals surface area contributed by atoms with Gasteiger partial charge in [-0.25, -0.2) is 0 Å². The van der Waals surface area contributed by atoms with Gasteiger partial charge in [0, 0.05) is 0 Å². The molecule has 22 heavy (non-hydrogen) atoms. The van der Waals surface area contributed by atoms with E-state index in [2.05, 4.69) is 6.92 Å². The van der Waals surface area contributed by atoms with Crippen molar-refractivity contribution in [3.05, 3.63) is 0 Å². The zero-order valence-corrected chi connectivity index (χ0v) is 20.2. The summed E-state index contributed by atoms with van der Waals surface area (Å²) >= 11 is 1.97. The Hall–Kier alpha value is 1.84. The number of carbonyl (C=O) groups excluding carboxylic acids is 1. The van der Waals surface area contributed by atoms with E-state index in [1.165, 1.54) is 83.5 Å². The molecule has 0 bridgehead atoms. The standard InChI is InChI=1S/C18H35IO2.K/c1-2-3-4-5-6-7-8-9-10-11-12-13-14-15-16-17(19)18(20)21;/h17H,2-16H2,1H3,(H,20,21);/q;+1/p-1. The summed E-state index contributed by atoms with van der Waals surface area (Å²) < 4.78 is -0.306. The van der Waals surface area contributed by atoms with Crippen molar-refractivity contribution in [3.63, 3.8) is 0 Å². The normalized spacial score (nSPS) is 11.9. The van der Waals surface area contributed by atoms with Crippen LogP contribution in [0.3, 0.4) is 0 Å². The fraction of sp³-hybridized carbons (Fsp3) is 0.944. The molecule has 2 nitrogen and oxygen atoms in total. The van der Waals surface area contributed by atoms with Crippen LogP contribution in [0.4, 0.5) is 0 Å². The van der Waals surface area contributed by atoms with Crippen molar-refractivity contribution < 1.29 is 61.3 Å². The van der Waals surface area contributed by atoms with Gasteiger partial charge >= 0.3 is 51.4 Å². The number of hydrogen-bond donors (Lipinski definition) is 0. The van der Waals surface area contributed by atoms with Gasteiger partial charge in [0.25, 0.3) is 0 Å². The van der Waals surface area contributed by atoms with Crippen LogP contribution in [0.25, 0.3) is 0 Å². The number of carboxylic acids is 1. The molecule has 1 atom stereocenters. The summed E-state index contributed by atoms with van der Waals surface area (Å²) in [5.74, 6) is -0.912. The smallest absolute Gasteiger partial charge is 0.549 e. The topological polar surface area (TPSA) is 40.1 Å². The summed E-state index contributed by atoms with van der Waals surface area (Å²) in [7, 11) is 0. The molecule has 0 amide bonds. The molecular weight excluding hydrogens is 414 g/mol. The molecule has 0 saturated heterocycles. The zero-order valence-electron chi connectivity index (χ0n) is 14.9. The van der Waals surface area contributed by atoms with Crippen molar-refractivity contribution in [2.24, 2.45) is 0 Å². The van der Waals surface area contributed by atoms with E-state index in [1.807, 2.05) is 22.6 Å². The molecule has 0 radical (unpaired) electrons. The third-order valence-electron chi connectivity index (χ3n) is 4.07. The molecule has 0 N–H and O–H groups in total. The Balaban J connectivity index is 0. The first-order valence-electron chi connectivity index (χ1n) is 9.03. The number of unbranched alkanes of at least 4 members (excludes halogenated alkanes) is 13. The molecule has 0 aliphatic heterocycles. The molecule has 0 aliphatic carbocycles. The maximum Gasteiger partial charge on any atom is 1.00 e. The van der Waals surface area contributed by atoms with Crippen LogP contribution in [0.1, 0.15) is 103 Å². The summed E-state index contributed by atoms with van der Waals surface area (Å²) in [6.45, 7) is 2.27. The maximum absolute atomic E-state index is 10.5. The molecule has 0 aliphatic rings. The average molecular weight is 448 g/mol. The molecule has 0 fully saturated rings. The Morgan fingerprint density at radius 3 is 1.41 bits per heavy atom. The van der Waals surface area contributed by atoms with Gasteiger partial charge in [-0.05, 0) is 6.42 Å². The first-order valence-corrected chi connectivity index (χ1v) is 10.3. The number of carbonyl (C=O) groups is 1. The second kappa shape index (κ2) is 20.9. The number of hydrogen-bond acceptors (Lipinski definition) is 2. The van der Waals surface area contributed by atoms with Gasteiger partial charge in [0.2, 0.25) is 0 Å². The molecule has 0 aromatic carbocycles. The third kappa shape index (κ3) is 19.9. The average Bonchev–Trinajstić information content (AvgIpc) is 2.47. The van der Waals surface area contributed by atoms with Gasteiger partial charge in [-0.2, -0.15) is 0 Å². The minimum Gasteiger partial charge on any atom is -0.549 e. The monoisotopic (exact) mass is 448 g/mol. The second-order valence-corrected chi connectivity index (χ2v) is 7.68. The van der Waals surface area contributed by atoms with Gasteiger partial charge in [0.1, 0.15) is 0 Å². The molecule has 126 valence electrons. The van der Waals surface area contributed by atoms with Crippen molar-refractivity contribution in [1.29, 1.82) is 0 Å². The first-order chi connectivity index (χ1) is 10.2. The number of carboxylic acid groups (broad SMARTS) is 1. The van der Waals surface area contributed by atoms with E-state index in [4.69, 9.17) is 0 Å². The van der Waals surface area contributed by atoms with E-state index in [0.717, 1.165) is 12.8 Å². The van der Waals surface area contributed by atoms with Gasteiger partial charge in [0.05, 0.1) is 9.89 Å².